The van der Waals surface area contributed by atoms with Crippen LogP contribution >= 0.6 is 0 Å². The zero-order chi connectivity index (χ0) is 15.0. The van der Waals surface area contributed by atoms with Crippen LogP contribution in [0.1, 0.15) is 27.2 Å². The van der Waals surface area contributed by atoms with E-state index in [1.165, 1.54) is 16.8 Å². The topological polar surface area (TPSA) is 90.0 Å². The summed E-state index contributed by atoms with van der Waals surface area (Å²) in [6.45, 7) is 5.94. The van der Waals surface area contributed by atoms with Crippen molar-refractivity contribution in [2.45, 2.75) is 33.2 Å². The molecular weight excluding hydrogens is 250 g/mol. The lowest BCUT2D eigenvalue weighted by atomic mass is 10.3. The highest BCUT2D eigenvalue weighted by molar-refractivity contribution is 5.84. The third-order valence-electron chi connectivity index (χ3n) is 2.42. The molecule has 0 fully saturated rings. The first-order chi connectivity index (χ1) is 8.77. The fourth-order valence-corrected chi connectivity index (χ4v) is 1.46. The summed E-state index contributed by atoms with van der Waals surface area (Å²) in [6.07, 6.45) is -0.113. The number of nitrogens with one attached hydrogen (secondary N) is 1. The fraction of sp³-hybridized carbons (Fsp3) is 0.750. The Bertz CT molecular complexity index is 331. The number of carbonyl (C=O) groups is 3. The molecule has 7 heteroatoms. The molecule has 0 rings (SSSR count). The van der Waals surface area contributed by atoms with Crippen molar-refractivity contribution in [1.29, 1.82) is 0 Å². The molecule has 110 valence electrons. The van der Waals surface area contributed by atoms with Gasteiger partial charge in [0.05, 0.1) is 6.42 Å². The highest BCUT2D eigenvalue weighted by Crippen LogP contribution is 1.98. The number of carboxylic acids is 1. The van der Waals surface area contributed by atoms with Gasteiger partial charge in [-0.15, -0.1) is 0 Å². The Morgan fingerprint density at radius 2 is 1.84 bits per heavy atom. The lowest BCUT2D eigenvalue weighted by Gasteiger charge is -2.26. The number of amides is 3. The Kier molecular flexibility index (Phi) is 7.55. The minimum atomic E-state index is -0.958. The van der Waals surface area contributed by atoms with Crippen LogP contribution in [-0.2, 0) is 9.59 Å². The van der Waals surface area contributed by atoms with Crippen molar-refractivity contribution < 1.29 is 19.5 Å². The summed E-state index contributed by atoms with van der Waals surface area (Å²) >= 11 is 0. The maximum atomic E-state index is 12.0. The minimum Gasteiger partial charge on any atom is -0.481 e. The van der Waals surface area contributed by atoms with Crippen molar-refractivity contribution in [1.82, 2.24) is 15.1 Å². The number of aliphatic carboxylic acids is 1. The van der Waals surface area contributed by atoms with Crippen molar-refractivity contribution in [3.63, 3.8) is 0 Å². The highest BCUT2D eigenvalue weighted by Gasteiger charge is 2.19. The van der Waals surface area contributed by atoms with E-state index < -0.39 is 5.97 Å². The number of carboxylic acid groups (broad SMARTS) is 1. The molecule has 0 bridgehead atoms. The third kappa shape index (κ3) is 7.28. The van der Waals surface area contributed by atoms with Crippen LogP contribution in [-0.4, -0.2) is 65.5 Å². The summed E-state index contributed by atoms with van der Waals surface area (Å²) in [5.74, 6) is -1.18. The number of carbonyl (C=O) groups excluding carboxylic acids is 2. The van der Waals surface area contributed by atoms with E-state index in [4.69, 9.17) is 5.11 Å². The Morgan fingerprint density at radius 3 is 2.26 bits per heavy atom. The zero-order valence-corrected chi connectivity index (χ0v) is 12.0. The third-order valence-corrected chi connectivity index (χ3v) is 2.42. The summed E-state index contributed by atoms with van der Waals surface area (Å²) in [4.78, 5) is 36.7. The molecule has 0 atom stereocenters. The van der Waals surface area contributed by atoms with Gasteiger partial charge in [-0.1, -0.05) is 0 Å². The van der Waals surface area contributed by atoms with Gasteiger partial charge in [-0.25, -0.2) is 4.79 Å². The number of likely N-dealkylation sites (N-methyl/N-ethyl adjacent to an activating group) is 1. The number of hydrogen-bond donors (Lipinski definition) is 2. The van der Waals surface area contributed by atoms with Crippen LogP contribution in [0.3, 0.4) is 0 Å². The van der Waals surface area contributed by atoms with Crippen LogP contribution < -0.4 is 5.32 Å². The first-order valence-electron chi connectivity index (χ1n) is 6.29. The molecule has 0 heterocycles. The van der Waals surface area contributed by atoms with E-state index in [2.05, 4.69) is 5.32 Å². The van der Waals surface area contributed by atoms with E-state index in [0.29, 0.717) is 6.54 Å². The smallest absolute Gasteiger partial charge is 0.320 e. The average Bonchev–Trinajstić information content (AvgIpc) is 2.31. The summed E-state index contributed by atoms with van der Waals surface area (Å²) in [7, 11) is 1.52. The minimum absolute atomic E-state index is 0.0195. The number of rotatable bonds is 7. The van der Waals surface area contributed by atoms with Crippen molar-refractivity contribution in [2.24, 2.45) is 0 Å². The molecule has 7 nitrogen and oxygen atoms in total. The van der Waals surface area contributed by atoms with Crippen LogP contribution in [0.5, 0.6) is 0 Å². The van der Waals surface area contributed by atoms with E-state index in [0.717, 1.165) is 0 Å². The number of urea groups is 1. The number of nitrogens with zero attached hydrogens (tertiary/aromatic N) is 2. The zero-order valence-electron chi connectivity index (χ0n) is 12.0. The van der Waals surface area contributed by atoms with E-state index in [9.17, 15) is 14.4 Å². The molecule has 2 N–H and O–H groups in total. The van der Waals surface area contributed by atoms with Crippen LogP contribution in [0.2, 0.25) is 0 Å². The molecule has 0 unspecified atom stereocenters. The van der Waals surface area contributed by atoms with Crippen molar-refractivity contribution >= 4 is 17.9 Å². The molecule has 0 aliphatic carbocycles. The second-order valence-electron chi connectivity index (χ2n) is 4.58. The monoisotopic (exact) mass is 273 g/mol. The number of hydrogen-bond acceptors (Lipinski definition) is 3. The van der Waals surface area contributed by atoms with Crippen molar-refractivity contribution in [3.05, 3.63) is 0 Å². The second-order valence-corrected chi connectivity index (χ2v) is 4.58. The SMILES string of the molecule is CCN(CC(=O)NC(C)C)C(=O)N(C)CCC(=O)O. The Morgan fingerprint density at radius 1 is 1.26 bits per heavy atom. The lowest BCUT2D eigenvalue weighted by molar-refractivity contribution is -0.137. The van der Waals surface area contributed by atoms with Crippen molar-refractivity contribution in [2.75, 3.05) is 26.7 Å². The van der Waals surface area contributed by atoms with Crippen LogP contribution in [0.4, 0.5) is 4.79 Å². The van der Waals surface area contributed by atoms with Gasteiger partial charge in [-0.2, -0.15) is 0 Å². The van der Waals surface area contributed by atoms with E-state index in [-0.39, 0.29) is 37.5 Å². The van der Waals surface area contributed by atoms with Crippen LogP contribution in [0, 0.1) is 0 Å². The lowest BCUT2D eigenvalue weighted by Crippen LogP contribution is -2.47. The predicted octanol–water partition coefficient (Wildman–Crippen LogP) is 0.359. The Labute approximate surface area is 113 Å². The van der Waals surface area contributed by atoms with E-state index in [1.807, 2.05) is 13.8 Å². The molecule has 3 amide bonds. The molecule has 0 aromatic carbocycles. The molecule has 0 aromatic heterocycles. The highest BCUT2D eigenvalue weighted by atomic mass is 16.4. The molecule has 0 aliphatic rings. The quantitative estimate of drug-likeness (QED) is 0.700. The summed E-state index contributed by atoms with van der Waals surface area (Å²) in [6, 6.07) is -0.325. The predicted molar refractivity (Wildman–Crippen MR) is 70.8 cm³/mol. The first-order valence-corrected chi connectivity index (χ1v) is 6.29. The van der Waals surface area contributed by atoms with Gasteiger partial charge in [-0.3, -0.25) is 9.59 Å². The van der Waals surface area contributed by atoms with Crippen LogP contribution in [0.25, 0.3) is 0 Å². The van der Waals surface area contributed by atoms with Gasteiger partial charge in [-0.05, 0) is 20.8 Å². The second kappa shape index (κ2) is 8.34. The maximum absolute atomic E-state index is 12.0. The van der Waals surface area contributed by atoms with Gasteiger partial charge in [0.25, 0.3) is 0 Å². The molecule has 0 saturated heterocycles. The van der Waals surface area contributed by atoms with Crippen LogP contribution in [0.15, 0.2) is 0 Å². The van der Waals surface area contributed by atoms with Gasteiger partial charge in [0, 0.05) is 26.2 Å². The molecule has 0 spiro atoms. The molecule has 0 aromatic rings. The Balaban J connectivity index is 4.38. The molecular formula is C12H23N3O4. The Hall–Kier alpha value is -1.79. The summed E-state index contributed by atoms with van der Waals surface area (Å²) in [5, 5.41) is 11.3. The van der Waals surface area contributed by atoms with Gasteiger partial charge in [0.15, 0.2) is 0 Å². The van der Waals surface area contributed by atoms with E-state index in [1.54, 1.807) is 6.92 Å². The van der Waals surface area contributed by atoms with Gasteiger partial charge in [0.1, 0.15) is 6.54 Å². The van der Waals surface area contributed by atoms with E-state index >= 15 is 0 Å². The summed E-state index contributed by atoms with van der Waals surface area (Å²) in [5.41, 5.74) is 0. The molecule has 0 radical (unpaired) electrons. The van der Waals surface area contributed by atoms with Crippen molar-refractivity contribution in [3.8, 4) is 0 Å². The molecule has 19 heavy (non-hydrogen) atoms. The van der Waals surface area contributed by atoms with Gasteiger partial charge >= 0.3 is 12.0 Å². The molecule has 0 aliphatic heterocycles. The average molecular weight is 273 g/mol. The molecule has 0 saturated carbocycles. The normalized spacial score (nSPS) is 10.2. The standard InChI is InChI=1S/C12H23N3O4/c1-5-15(8-10(16)13-9(2)3)12(19)14(4)7-6-11(17)18/h9H,5-8H2,1-4H3,(H,13,16)(H,17,18). The first kappa shape index (κ1) is 17.2. The van der Waals surface area contributed by atoms with Gasteiger partial charge < -0.3 is 20.2 Å². The van der Waals surface area contributed by atoms with Gasteiger partial charge in [0.2, 0.25) is 5.91 Å². The maximum Gasteiger partial charge on any atom is 0.320 e. The fourth-order valence-electron chi connectivity index (χ4n) is 1.46. The largest absolute Gasteiger partial charge is 0.481 e. The summed E-state index contributed by atoms with van der Waals surface area (Å²) < 4.78 is 0.